The van der Waals surface area contributed by atoms with Crippen LogP contribution in [-0.4, -0.2) is 44.5 Å². The van der Waals surface area contributed by atoms with Crippen molar-refractivity contribution in [3.63, 3.8) is 0 Å². The van der Waals surface area contributed by atoms with E-state index in [-0.39, 0.29) is 18.0 Å². The second-order valence-corrected chi connectivity index (χ2v) is 7.45. The third-order valence-electron chi connectivity index (χ3n) is 5.26. The van der Waals surface area contributed by atoms with Crippen LogP contribution in [-0.2, 0) is 4.74 Å². The molecule has 13 heteroatoms. The SMILES string of the molecule is NC(=O)N/N=C/c1ccc(-c2cnn3ccc(N4C(=O)OCC4c4ccc(F)cn4)nc23)cc1F. The average Bonchev–Trinajstić information content (AvgIpc) is 3.43. The molecule has 1 aromatic carbocycles. The van der Waals surface area contributed by atoms with Gasteiger partial charge >= 0.3 is 12.1 Å². The van der Waals surface area contributed by atoms with Gasteiger partial charge in [0.25, 0.3) is 0 Å². The molecule has 1 unspecified atom stereocenters. The number of nitrogens with two attached hydrogens (primary N) is 1. The topological polar surface area (TPSA) is 140 Å². The fraction of sp³-hybridized carbons (Fsp3) is 0.0909. The van der Waals surface area contributed by atoms with E-state index in [1.54, 1.807) is 18.3 Å². The Kier molecular flexibility index (Phi) is 5.49. The van der Waals surface area contributed by atoms with E-state index in [9.17, 15) is 18.4 Å². The summed E-state index contributed by atoms with van der Waals surface area (Å²) in [5.74, 6) is -0.833. The van der Waals surface area contributed by atoms with E-state index in [4.69, 9.17) is 10.5 Å². The van der Waals surface area contributed by atoms with Crippen LogP contribution < -0.4 is 16.1 Å². The van der Waals surface area contributed by atoms with Crippen molar-refractivity contribution in [2.45, 2.75) is 6.04 Å². The van der Waals surface area contributed by atoms with Gasteiger partial charge in [0, 0.05) is 17.3 Å². The van der Waals surface area contributed by atoms with Crippen molar-refractivity contribution in [2.75, 3.05) is 11.5 Å². The standard InChI is InChI=1S/C22H16F2N8O3/c23-14-3-4-17(26-9-14)18-11-35-22(34)32(18)19-5-6-31-20(29-19)15(10-28-31)12-1-2-13(16(24)7-12)8-27-30-21(25)33/h1-10,18H,11H2,(H3,25,30,33)/b27-8+. The van der Waals surface area contributed by atoms with E-state index in [1.165, 1.54) is 39.9 Å². The summed E-state index contributed by atoms with van der Waals surface area (Å²) in [6.45, 7) is 0.0231. The molecule has 35 heavy (non-hydrogen) atoms. The predicted molar refractivity (Wildman–Crippen MR) is 119 cm³/mol. The molecule has 4 heterocycles. The minimum atomic E-state index is -0.870. The molecule has 4 aromatic rings. The van der Waals surface area contributed by atoms with Gasteiger partial charge in [0.15, 0.2) is 5.65 Å². The highest BCUT2D eigenvalue weighted by atomic mass is 19.1. The van der Waals surface area contributed by atoms with Crippen LogP contribution in [0.2, 0.25) is 0 Å². The van der Waals surface area contributed by atoms with E-state index in [0.29, 0.717) is 22.5 Å². The zero-order valence-electron chi connectivity index (χ0n) is 17.8. The smallest absolute Gasteiger partial charge is 0.416 e. The summed E-state index contributed by atoms with van der Waals surface area (Å²) in [4.78, 5) is 33.2. The van der Waals surface area contributed by atoms with Gasteiger partial charge in [-0.15, -0.1) is 0 Å². The lowest BCUT2D eigenvalue weighted by atomic mass is 10.1. The summed E-state index contributed by atoms with van der Waals surface area (Å²) < 4.78 is 34.6. The average molecular weight is 478 g/mol. The van der Waals surface area contributed by atoms with Gasteiger partial charge in [-0.1, -0.05) is 6.07 Å². The van der Waals surface area contributed by atoms with E-state index >= 15 is 0 Å². The predicted octanol–water partition coefficient (Wildman–Crippen LogP) is 2.77. The summed E-state index contributed by atoms with van der Waals surface area (Å²) in [5.41, 5.74) is 8.84. The van der Waals surface area contributed by atoms with Crippen LogP contribution in [0, 0.1) is 11.6 Å². The Hall–Kier alpha value is -4.94. The van der Waals surface area contributed by atoms with Gasteiger partial charge < -0.3 is 10.5 Å². The summed E-state index contributed by atoms with van der Waals surface area (Å²) in [6.07, 6.45) is 4.69. The molecule has 1 atom stereocenters. The fourth-order valence-corrected chi connectivity index (χ4v) is 3.64. The third kappa shape index (κ3) is 4.21. The molecule has 1 saturated heterocycles. The number of hydrazone groups is 1. The van der Waals surface area contributed by atoms with Crippen LogP contribution >= 0.6 is 0 Å². The second kappa shape index (κ2) is 8.78. The number of carbonyl (C=O) groups is 2. The number of nitrogens with one attached hydrogen (secondary N) is 1. The first-order valence-electron chi connectivity index (χ1n) is 10.2. The van der Waals surface area contributed by atoms with E-state index < -0.39 is 29.8 Å². The maximum absolute atomic E-state index is 14.6. The summed E-state index contributed by atoms with van der Waals surface area (Å²) >= 11 is 0. The van der Waals surface area contributed by atoms with Crippen LogP contribution in [0.15, 0.2) is 60.1 Å². The Morgan fingerprint density at radius 3 is 2.83 bits per heavy atom. The summed E-state index contributed by atoms with van der Waals surface area (Å²) in [5, 5.41) is 7.80. The number of rotatable bonds is 5. The molecule has 176 valence electrons. The molecular weight excluding hydrogens is 462 g/mol. The number of anilines is 1. The van der Waals surface area contributed by atoms with Crippen LogP contribution in [0.3, 0.4) is 0 Å². The zero-order valence-corrected chi connectivity index (χ0v) is 17.8. The summed E-state index contributed by atoms with van der Waals surface area (Å²) in [7, 11) is 0. The normalized spacial score (nSPS) is 15.7. The number of urea groups is 1. The van der Waals surface area contributed by atoms with Crippen molar-refractivity contribution in [1.82, 2.24) is 25.0 Å². The monoisotopic (exact) mass is 478 g/mol. The number of amides is 3. The lowest BCUT2D eigenvalue weighted by Crippen LogP contribution is -2.28. The molecule has 3 aromatic heterocycles. The molecule has 11 nitrogen and oxygen atoms in total. The minimum absolute atomic E-state index is 0.0231. The van der Waals surface area contributed by atoms with Crippen molar-refractivity contribution in [2.24, 2.45) is 10.8 Å². The number of fused-ring (bicyclic) bond motifs is 1. The van der Waals surface area contributed by atoms with Gasteiger partial charge in [0.2, 0.25) is 0 Å². The van der Waals surface area contributed by atoms with Crippen molar-refractivity contribution in [1.29, 1.82) is 0 Å². The number of cyclic esters (lactones) is 1. The van der Waals surface area contributed by atoms with Crippen LogP contribution in [0.4, 0.5) is 24.2 Å². The van der Waals surface area contributed by atoms with Crippen molar-refractivity contribution >= 4 is 29.8 Å². The Labute approximate surface area is 195 Å². The van der Waals surface area contributed by atoms with E-state index in [1.807, 2.05) is 5.43 Å². The Bertz CT molecular complexity index is 1470. The highest BCUT2D eigenvalue weighted by molar-refractivity contribution is 5.90. The number of hydrogen-bond donors (Lipinski definition) is 2. The molecule has 0 bridgehead atoms. The maximum atomic E-state index is 14.6. The number of benzene rings is 1. The van der Waals surface area contributed by atoms with E-state index in [2.05, 4.69) is 20.2 Å². The van der Waals surface area contributed by atoms with Gasteiger partial charge in [-0.25, -0.2) is 38.2 Å². The molecule has 1 aliphatic heterocycles. The van der Waals surface area contributed by atoms with Crippen molar-refractivity contribution < 1.29 is 23.1 Å². The Morgan fingerprint density at radius 1 is 1.23 bits per heavy atom. The fourth-order valence-electron chi connectivity index (χ4n) is 3.64. The van der Waals surface area contributed by atoms with Crippen LogP contribution in [0.5, 0.6) is 0 Å². The number of halogens is 2. The van der Waals surface area contributed by atoms with Gasteiger partial charge in [-0.05, 0) is 35.9 Å². The number of primary amides is 1. The molecule has 0 radical (unpaired) electrons. The lowest BCUT2D eigenvalue weighted by Gasteiger charge is -2.20. The third-order valence-corrected chi connectivity index (χ3v) is 5.26. The first kappa shape index (κ1) is 21.9. The first-order chi connectivity index (χ1) is 16.9. The molecule has 1 fully saturated rings. The molecule has 0 aliphatic carbocycles. The van der Waals surface area contributed by atoms with Crippen LogP contribution in [0.25, 0.3) is 16.8 Å². The number of carbonyl (C=O) groups excluding carboxylic acids is 2. The highest BCUT2D eigenvalue weighted by Crippen LogP contribution is 2.33. The van der Waals surface area contributed by atoms with Gasteiger partial charge in [0.05, 0.1) is 24.3 Å². The molecule has 0 saturated carbocycles. The lowest BCUT2D eigenvalue weighted by molar-refractivity contribution is 0.178. The molecule has 3 N–H and O–H groups in total. The van der Waals surface area contributed by atoms with Gasteiger partial charge in [-0.2, -0.15) is 10.2 Å². The molecule has 1 aliphatic rings. The number of aromatic nitrogens is 4. The molecule has 0 spiro atoms. The number of hydrogen-bond acceptors (Lipinski definition) is 7. The zero-order chi connectivity index (χ0) is 24.5. The number of ether oxygens (including phenoxy) is 1. The number of nitrogens with zero attached hydrogens (tertiary/aromatic N) is 6. The van der Waals surface area contributed by atoms with Crippen molar-refractivity contribution in [3.8, 4) is 11.1 Å². The molecular formula is C22H16F2N8O3. The Morgan fingerprint density at radius 2 is 2.09 bits per heavy atom. The van der Waals surface area contributed by atoms with Gasteiger partial charge in [0.1, 0.15) is 30.1 Å². The number of pyridine rings is 1. The molecule has 3 amide bonds. The molecule has 5 rings (SSSR count). The quantitative estimate of drug-likeness (QED) is 0.334. The first-order valence-corrected chi connectivity index (χ1v) is 10.2. The minimum Gasteiger partial charge on any atom is -0.446 e. The van der Waals surface area contributed by atoms with Gasteiger partial charge in [-0.3, -0.25) is 4.98 Å². The van der Waals surface area contributed by atoms with E-state index in [0.717, 1.165) is 12.4 Å². The van der Waals surface area contributed by atoms with Crippen LogP contribution in [0.1, 0.15) is 17.3 Å². The second-order valence-electron chi connectivity index (χ2n) is 7.45. The van der Waals surface area contributed by atoms with Crippen molar-refractivity contribution in [3.05, 3.63) is 77.9 Å². The maximum Gasteiger partial charge on any atom is 0.416 e. The Balaban J connectivity index is 1.50. The highest BCUT2D eigenvalue weighted by Gasteiger charge is 2.37. The summed E-state index contributed by atoms with van der Waals surface area (Å²) in [6, 6.07) is 7.21. The largest absolute Gasteiger partial charge is 0.446 e.